The molecule has 1 amide bonds. The van der Waals surface area contributed by atoms with Crippen molar-refractivity contribution in [2.75, 3.05) is 20.5 Å². The number of nitrogens with two attached hydrogens (primary N) is 1. The maximum Gasteiger partial charge on any atom is 0.259 e. The van der Waals surface area contributed by atoms with Crippen molar-refractivity contribution in [1.29, 1.82) is 0 Å². The van der Waals surface area contributed by atoms with E-state index in [9.17, 15) is 4.79 Å². The average Bonchev–Trinajstić information content (AvgIpc) is 2.83. The van der Waals surface area contributed by atoms with Crippen LogP contribution >= 0.6 is 11.8 Å². The molecule has 1 aliphatic rings. The molecule has 0 radical (unpaired) electrons. The summed E-state index contributed by atoms with van der Waals surface area (Å²) < 4.78 is 10.8. The predicted octanol–water partition coefficient (Wildman–Crippen LogP) is 4.69. The number of methoxy groups -OCH3 is 2. The van der Waals surface area contributed by atoms with E-state index in [4.69, 9.17) is 15.2 Å². The highest BCUT2D eigenvalue weighted by Gasteiger charge is 2.29. The van der Waals surface area contributed by atoms with Gasteiger partial charge in [-0.15, -0.1) is 0 Å². The summed E-state index contributed by atoms with van der Waals surface area (Å²) in [5, 5.41) is 3.65. The lowest BCUT2D eigenvalue weighted by Gasteiger charge is -2.33. The van der Waals surface area contributed by atoms with Gasteiger partial charge in [0.25, 0.3) is 5.91 Å². The molecule has 0 saturated heterocycles. The summed E-state index contributed by atoms with van der Waals surface area (Å²) in [6.45, 7) is 8.54. The molecule has 2 unspecified atom stereocenters. The minimum atomic E-state index is -0.277. The molecule has 34 heavy (non-hydrogen) atoms. The van der Waals surface area contributed by atoms with E-state index in [1.54, 1.807) is 26.5 Å². The zero-order chi connectivity index (χ0) is 25.0. The van der Waals surface area contributed by atoms with Crippen molar-refractivity contribution in [1.82, 2.24) is 15.3 Å². The van der Waals surface area contributed by atoms with Crippen molar-refractivity contribution in [2.45, 2.75) is 38.9 Å². The topological polar surface area (TPSA) is 99.4 Å². The van der Waals surface area contributed by atoms with Crippen molar-refractivity contribution < 1.29 is 14.3 Å². The van der Waals surface area contributed by atoms with Gasteiger partial charge in [0.15, 0.2) is 16.7 Å². The highest BCUT2D eigenvalue weighted by molar-refractivity contribution is 7.98. The van der Waals surface area contributed by atoms with Crippen LogP contribution in [0.2, 0.25) is 0 Å². The van der Waals surface area contributed by atoms with Gasteiger partial charge in [-0.2, -0.15) is 0 Å². The van der Waals surface area contributed by atoms with Crippen molar-refractivity contribution >= 4 is 17.7 Å². The molecule has 0 spiro atoms. The Balaban J connectivity index is 2.02. The van der Waals surface area contributed by atoms with Crippen molar-refractivity contribution in [3.05, 3.63) is 53.4 Å². The molecule has 0 fully saturated rings. The van der Waals surface area contributed by atoms with Crippen molar-refractivity contribution in [2.24, 2.45) is 23.5 Å². The largest absolute Gasteiger partial charge is 0.493 e. The number of carbonyl (C=O) groups excluding carboxylic acids is 1. The molecule has 2 aromatic rings. The zero-order valence-corrected chi connectivity index (χ0v) is 21.7. The van der Waals surface area contributed by atoms with E-state index in [0.717, 1.165) is 16.8 Å². The molecule has 0 saturated carbocycles. The van der Waals surface area contributed by atoms with Crippen LogP contribution in [0.4, 0.5) is 0 Å². The molecule has 0 bridgehead atoms. The second-order valence-electron chi connectivity index (χ2n) is 8.91. The number of carbonyl (C=O) groups is 1. The Morgan fingerprint density at radius 1 is 1.15 bits per heavy atom. The quantitative estimate of drug-likeness (QED) is 0.416. The summed E-state index contributed by atoms with van der Waals surface area (Å²) in [7, 11) is 3.16. The minimum Gasteiger partial charge on any atom is -0.493 e. The van der Waals surface area contributed by atoms with Crippen molar-refractivity contribution in [3.63, 3.8) is 0 Å². The maximum absolute atomic E-state index is 13.5. The smallest absolute Gasteiger partial charge is 0.259 e. The Bertz CT molecular complexity index is 1110. The lowest BCUT2D eigenvalue weighted by Crippen LogP contribution is -2.39. The molecular formula is C26H34N4O3S. The molecule has 3 N–H and O–H groups in total. The number of rotatable bonds is 8. The summed E-state index contributed by atoms with van der Waals surface area (Å²) in [5.41, 5.74) is 10.1. The summed E-state index contributed by atoms with van der Waals surface area (Å²) in [5.74, 6) is 1.65. The highest BCUT2D eigenvalue weighted by atomic mass is 32.2. The normalized spacial score (nSPS) is 17.9. The Labute approximate surface area is 206 Å². The first-order valence-electron chi connectivity index (χ1n) is 11.3. The molecule has 1 heterocycles. The van der Waals surface area contributed by atoms with Crippen LogP contribution < -0.4 is 20.5 Å². The van der Waals surface area contributed by atoms with E-state index in [-0.39, 0.29) is 23.8 Å². The summed E-state index contributed by atoms with van der Waals surface area (Å²) in [6, 6.07) is 5.40. The van der Waals surface area contributed by atoms with Gasteiger partial charge in [0.05, 0.1) is 25.5 Å². The third kappa shape index (κ3) is 5.45. The van der Waals surface area contributed by atoms with Crippen LogP contribution in [0.5, 0.6) is 11.5 Å². The van der Waals surface area contributed by atoms with E-state index in [1.807, 2.05) is 24.5 Å². The molecule has 2 atom stereocenters. The Kier molecular flexibility index (Phi) is 8.38. The number of ether oxygens (including phenoxy) is 2. The van der Waals surface area contributed by atoms with Gasteiger partial charge in [0.1, 0.15) is 0 Å². The summed E-state index contributed by atoms with van der Waals surface area (Å²) in [4.78, 5) is 22.5. The summed E-state index contributed by atoms with van der Waals surface area (Å²) in [6.07, 6.45) is 7.53. The fourth-order valence-corrected chi connectivity index (χ4v) is 4.47. The third-order valence-electron chi connectivity index (χ3n) is 6.04. The van der Waals surface area contributed by atoms with Gasteiger partial charge in [0.2, 0.25) is 0 Å². The number of nitrogens with zero attached hydrogens (tertiary/aromatic N) is 2. The van der Waals surface area contributed by atoms with Crippen LogP contribution in [0.1, 0.15) is 38.1 Å². The van der Waals surface area contributed by atoms with Gasteiger partial charge in [-0.1, -0.05) is 45.5 Å². The highest BCUT2D eigenvalue weighted by Crippen LogP contribution is 2.34. The molecule has 0 aliphatic heterocycles. The molecule has 1 aromatic carbocycles. The number of hydrogen-bond acceptors (Lipinski definition) is 7. The number of aromatic nitrogens is 2. The van der Waals surface area contributed by atoms with Gasteiger partial charge >= 0.3 is 0 Å². The second-order valence-corrected chi connectivity index (χ2v) is 9.68. The van der Waals surface area contributed by atoms with E-state index in [0.29, 0.717) is 33.8 Å². The average molecular weight is 483 g/mol. The fourth-order valence-electron chi connectivity index (χ4n) is 4.13. The molecular weight excluding hydrogens is 448 g/mol. The first kappa shape index (κ1) is 25.8. The molecule has 7 nitrogen and oxygen atoms in total. The van der Waals surface area contributed by atoms with Gasteiger partial charge < -0.3 is 20.5 Å². The first-order chi connectivity index (χ1) is 16.2. The number of allylic oxidation sites excluding steroid dienone is 1. The Morgan fingerprint density at radius 3 is 2.44 bits per heavy atom. The van der Waals surface area contributed by atoms with Gasteiger partial charge in [-0.05, 0) is 47.9 Å². The third-order valence-corrected chi connectivity index (χ3v) is 6.60. The number of amides is 1. The number of thioether (sulfide) groups is 1. The van der Waals surface area contributed by atoms with Crippen LogP contribution in [0.3, 0.4) is 0 Å². The number of benzene rings is 1. The fraction of sp³-hybridized carbons (Fsp3) is 0.423. The SMILES string of the molecule is COc1ccc(-c2nc(SC)ncc2C(=O)NC2=CC(C(C)C)C(N)C(C(C)C)=C2)cc1OC. The zero-order valence-electron chi connectivity index (χ0n) is 20.9. The molecule has 182 valence electrons. The Hall–Kier alpha value is -2.84. The van der Waals surface area contributed by atoms with E-state index in [2.05, 4.69) is 49.1 Å². The molecule has 3 rings (SSSR count). The van der Waals surface area contributed by atoms with E-state index >= 15 is 0 Å². The maximum atomic E-state index is 13.5. The molecule has 1 aromatic heterocycles. The van der Waals surface area contributed by atoms with Crippen LogP contribution in [0, 0.1) is 17.8 Å². The predicted molar refractivity (Wildman–Crippen MR) is 137 cm³/mol. The van der Waals surface area contributed by atoms with E-state index in [1.165, 1.54) is 11.8 Å². The van der Waals surface area contributed by atoms with Crippen LogP contribution in [0.25, 0.3) is 11.3 Å². The second kappa shape index (κ2) is 11.1. The molecule has 8 heteroatoms. The first-order valence-corrected chi connectivity index (χ1v) is 12.6. The number of hydrogen-bond donors (Lipinski definition) is 2. The Morgan fingerprint density at radius 2 is 1.85 bits per heavy atom. The van der Waals surface area contributed by atoms with Crippen LogP contribution in [-0.2, 0) is 0 Å². The van der Waals surface area contributed by atoms with Gasteiger partial charge in [-0.3, -0.25) is 4.79 Å². The van der Waals surface area contributed by atoms with E-state index < -0.39 is 0 Å². The van der Waals surface area contributed by atoms with Crippen molar-refractivity contribution in [3.8, 4) is 22.8 Å². The van der Waals surface area contributed by atoms with Gasteiger partial charge in [-0.25, -0.2) is 9.97 Å². The lowest BCUT2D eigenvalue weighted by atomic mass is 9.77. The standard InChI is InChI=1S/C26H34N4O3S/c1-14(2)18-11-17(12-19(15(3)4)23(18)27)29-25(31)20-13-28-26(34-7)30-24(20)16-8-9-21(32-5)22(10-16)33-6/h8-15,18,23H,27H2,1-7H3,(H,29,31). The van der Waals surface area contributed by atoms with Gasteiger partial charge in [0, 0.05) is 29.4 Å². The number of nitrogens with one attached hydrogen (secondary N) is 1. The molecule has 1 aliphatic carbocycles. The lowest BCUT2D eigenvalue weighted by molar-refractivity contribution is 0.0966. The monoisotopic (exact) mass is 482 g/mol. The van der Waals surface area contributed by atoms with Crippen LogP contribution in [0.15, 0.2) is 53.0 Å². The van der Waals surface area contributed by atoms with Crippen LogP contribution in [-0.4, -0.2) is 42.4 Å². The summed E-state index contributed by atoms with van der Waals surface area (Å²) >= 11 is 1.41. The minimum absolute atomic E-state index is 0.0628.